The van der Waals surface area contributed by atoms with Crippen molar-refractivity contribution in [2.24, 2.45) is 0 Å². The van der Waals surface area contributed by atoms with Crippen molar-refractivity contribution in [3.05, 3.63) is 34.6 Å². The van der Waals surface area contributed by atoms with E-state index in [1.807, 2.05) is 6.92 Å². The molecule has 0 spiro atoms. The normalized spacial score (nSPS) is 20.5. The molecule has 1 heterocycles. The van der Waals surface area contributed by atoms with Crippen LogP contribution in [0.1, 0.15) is 6.92 Å². The summed E-state index contributed by atoms with van der Waals surface area (Å²) in [6.45, 7) is 2.04. The second-order valence-corrected chi connectivity index (χ2v) is 3.07. The first-order valence-electron chi connectivity index (χ1n) is 3.98. The average molecular weight is 176 g/mol. The van der Waals surface area contributed by atoms with Crippen molar-refractivity contribution in [1.82, 2.24) is 0 Å². The van der Waals surface area contributed by atoms with Crippen LogP contribution in [0.3, 0.4) is 0 Å². The van der Waals surface area contributed by atoms with Gasteiger partial charge >= 0.3 is 0 Å². The number of hydrogen-bond donors (Lipinski definition) is 0. The van der Waals surface area contributed by atoms with E-state index in [-0.39, 0.29) is 12.4 Å². The van der Waals surface area contributed by atoms with E-state index < -0.39 is 0 Å². The third kappa shape index (κ3) is 1.13. The van der Waals surface area contributed by atoms with Gasteiger partial charge in [0.25, 0.3) is 0 Å². The smallest absolute Gasteiger partial charge is 0.190 e. The molecule has 2 rings (SSSR count). The van der Waals surface area contributed by atoms with Gasteiger partial charge in [-0.05, 0) is 24.6 Å². The van der Waals surface area contributed by atoms with E-state index in [4.69, 9.17) is 4.74 Å². The predicted octanol–water partition coefficient (Wildman–Crippen LogP) is 0.925. The van der Waals surface area contributed by atoms with Crippen LogP contribution in [-0.4, -0.2) is 18.7 Å². The number of ketones is 1. The maximum atomic E-state index is 11.4. The Bertz CT molecular complexity index is 383. The maximum Gasteiger partial charge on any atom is 0.190 e. The highest BCUT2D eigenvalue weighted by molar-refractivity contribution is 6.12. The SMILES string of the molecule is CC1=CC(=O)C2=C(C=O)COC2=C1. The molecule has 0 aromatic carbocycles. The number of rotatable bonds is 1. The highest BCUT2D eigenvalue weighted by Crippen LogP contribution is 2.29. The number of carbonyl (C=O) groups is 2. The van der Waals surface area contributed by atoms with E-state index >= 15 is 0 Å². The lowest BCUT2D eigenvalue weighted by Gasteiger charge is -2.07. The van der Waals surface area contributed by atoms with Gasteiger partial charge < -0.3 is 4.74 Å². The van der Waals surface area contributed by atoms with Crippen molar-refractivity contribution in [2.75, 3.05) is 6.61 Å². The molecular formula is C10H8O3. The molecule has 1 aliphatic heterocycles. The monoisotopic (exact) mass is 176 g/mol. The molecule has 0 radical (unpaired) electrons. The van der Waals surface area contributed by atoms with E-state index in [2.05, 4.69) is 0 Å². The summed E-state index contributed by atoms with van der Waals surface area (Å²) in [6, 6.07) is 0. The summed E-state index contributed by atoms with van der Waals surface area (Å²) in [5, 5.41) is 0. The Morgan fingerprint density at radius 2 is 2.23 bits per heavy atom. The Morgan fingerprint density at radius 1 is 1.46 bits per heavy atom. The van der Waals surface area contributed by atoms with Gasteiger partial charge in [0.05, 0.1) is 5.57 Å². The molecule has 3 heteroatoms. The van der Waals surface area contributed by atoms with Crippen LogP contribution in [0.4, 0.5) is 0 Å². The van der Waals surface area contributed by atoms with Gasteiger partial charge in [-0.1, -0.05) is 0 Å². The van der Waals surface area contributed by atoms with Crippen LogP contribution >= 0.6 is 0 Å². The lowest BCUT2D eigenvalue weighted by atomic mass is 9.98. The second-order valence-electron chi connectivity index (χ2n) is 3.07. The fraction of sp³-hybridized carbons (Fsp3) is 0.200. The Morgan fingerprint density at radius 3 is 2.92 bits per heavy atom. The van der Waals surface area contributed by atoms with Crippen LogP contribution < -0.4 is 0 Å². The number of allylic oxidation sites excluding steroid dienone is 4. The van der Waals surface area contributed by atoms with Gasteiger partial charge in [0.2, 0.25) is 0 Å². The molecule has 13 heavy (non-hydrogen) atoms. The highest BCUT2D eigenvalue weighted by atomic mass is 16.5. The van der Waals surface area contributed by atoms with Crippen LogP contribution in [0, 0.1) is 0 Å². The van der Waals surface area contributed by atoms with Gasteiger partial charge in [-0.2, -0.15) is 0 Å². The molecule has 0 aromatic heterocycles. The van der Waals surface area contributed by atoms with Crippen LogP contribution in [0.25, 0.3) is 0 Å². The lowest BCUT2D eigenvalue weighted by Crippen LogP contribution is -2.06. The van der Waals surface area contributed by atoms with Crippen LogP contribution in [0.15, 0.2) is 34.6 Å². The zero-order valence-electron chi connectivity index (χ0n) is 7.16. The minimum Gasteiger partial charge on any atom is -0.488 e. The van der Waals surface area contributed by atoms with Gasteiger partial charge in [-0.15, -0.1) is 0 Å². The molecule has 2 aliphatic rings. The van der Waals surface area contributed by atoms with Crippen molar-refractivity contribution in [3.8, 4) is 0 Å². The van der Waals surface area contributed by atoms with Crippen LogP contribution in [-0.2, 0) is 14.3 Å². The molecule has 0 saturated heterocycles. The summed E-state index contributed by atoms with van der Waals surface area (Å²) < 4.78 is 5.20. The summed E-state index contributed by atoms with van der Waals surface area (Å²) in [7, 11) is 0. The molecule has 0 atom stereocenters. The van der Waals surface area contributed by atoms with Gasteiger partial charge in [-0.3, -0.25) is 9.59 Å². The van der Waals surface area contributed by atoms with Gasteiger partial charge in [0.15, 0.2) is 5.78 Å². The molecule has 66 valence electrons. The fourth-order valence-electron chi connectivity index (χ4n) is 1.47. The van der Waals surface area contributed by atoms with Crippen molar-refractivity contribution >= 4 is 12.1 Å². The third-order valence-corrected chi connectivity index (χ3v) is 2.06. The van der Waals surface area contributed by atoms with Crippen molar-refractivity contribution in [1.29, 1.82) is 0 Å². The zero-order valence-corrected chi connectivity index (χ0v) is 7.16. The van der Waals surface area contributed by atoms with E-state index in [0.29, 0.717) is 23.2 Å². The summed E-state index contributed by atoms with van der Waals surface area (Å²) >= 11 is 0. The first-order chi connectivity index (χ1) is 6.22. The van der Waals surface area contributed by atoms with Gasteiger partial charge in [-0.25, -0.2) is 0 Å². The molecule has 0 aromatic rings. The summed E-state index contributed by atoms with van der Waals surface area (Å²) in [5.74, 6) is 0.404. The molecule has 1 aliphatic carbocycles. The summed E-state index contributed by atoms with van der Waals surface area (Å²) in [6.07, 6.45) is 3.97. The van der Waals surface area contributed by atoms with Gasteiger partial charge in [0, 0.05) is 5.57 Å². The van der Waals surface area contributed by atoms with Crippen LogP contribution in [0.2, 0.25) is 0 Å². The van der Waals surface area contributed by atoms with Crippen molar-refractivity contribution in [3.63, 3.8) is 0 Å². The number of ether oxygens (including phenoxy) is 1. The van der Waals surface area contributed by atoms with E-state index in [9.17, 15) is 9.59 Å². The van der Waals surface area contributed by atoms with Crippen LogP contribution in [0.5, 0.6) is 0 Å². The molecule has 0 N–H and O–H groups in total. The molecule has 0 saturated carbocycles. The number of fused-ring (bicyclic) bond motifs is 1. The quantitative estimate of drug-likeness (QED) is 0.558. The van der Waals surface area contributed by atoms with E-state index in [1.165, 1.54) is 6.08 Å². The molecule has 0 bridgehead atoms. The van der Waals surface area contributed by atoms with E-state index in [0.717, 1.165) is 5.57 Å². The topological polar surface area (TPSA) is 43.4 Å². The third-order valence-electron chi connectivity index (χ3n) is 2.06. The van der Waals surface area contributed by atoms with E-state index in [1.54, 1.807) is 6.08 Å². The summed E-state index contributed by atoms with van der Waals surface area (Å²) in [5.41, 5.74) is 1.73. The Hall–Kier alpha value is -1.64. The summed E-state index contributed by atoms with van der Waals surface area (Å²) in [4.78, 5) is 22.0. The second kappa shape index (κ2) is 2.69. The Labute approximate surface area is 75.4 Å². The van der Waals surface area contributed by atoms with Gasteiger partial charge in [0.1, 0.15) is 18.7 Å². The fourth-order valence-corrected chi connectivity index (χ4v) is 1.47. The van der Waals surface area contributed by atoms with Crippen molar-refractivity contribution in [2.45, 2.75) is 6.92 Å². The largest absolute Gasteiger partial charge is 0.488 e. The molecule has 3 nitrogen and oxygen atoms in total. The number of carbonyl (C=O) groups excluding carboxylic acids is 2. The minimum atomic E-state index is -0.130. The Balaban J connectivity index is 2.55. The molecule has 0 amide bonds. The predicted molar refractivity (Wildman–Crippen MR) is 45.9 cm³/mol. The number of aldehydes is 1. The first-order valence-corrected chi connectivity index (χ1v) is 3.98. The standard InChI is InChI=1S/C10H8O3/c1-6-2-8(12)10-7(4-11)5-13-9(10)3-6/h2-4H,5H2,1H3. The molecule has 0 unspecified atom stereocenters. The average Bonchev–Trinajstić information content (AvgIpc) is 2.47. The lowest BCUT2D eigenvalue weighted by molar-refractivity contribution is -0.112. The highest BCUT2D eigenvalue weighted by Gasteiger charge is 2.28. The maximum absolute atomic E-state index is 11.4. The minimum absolute atomic E-state index is 0.130. The molecule has 0 fully saturated rings. The van der Waals surface area contributed by atoms with Crippen molar-refractivity contribution < 1.29 is 14.3 Å². The Kier molecular flexibility index (Phi) is 1.65. The number of hydrogen-bond acceptors (Lipinski definition) is 3. The first kappa shape index (κ1) is 7.98. The molecular weight excluding hydrogens is 168 g/mol. The zero-order chi connectivity index (χ0) is 9.42.